The van der Waals surface area contributed by atoms with Crippen LogP contribution in [0.15, 0.2) is 72.9 Å². The molecule has 7 rings (SSSR count). The van der Waals surface area contributed by atoms with Crippen LogP contribution >= 0.6 is 0 Å². The van der Waals surface area contributed by atoms with Crippen molar-refractivity contribution in [3.63, 3.8) is 0 Å². The standard InChI is InChI=1S/C51H65N7O7/c1-8-10-25-51(26-11-9-2)38-29-34(40-31-52-44(54-40)41-19-15-28-58(41)47(61)50(5,32(3)4)56-49(63)65-7)21-23-36(38)37-24-22-35(30-39(37)51)53-45(59)42-20-16-27-57(42)46(60)43(55-48(62)64-6)33-17-13-12-14-18-33/h12-14,17-18,21-24,29-32,41-43H,8-11,15-16,19-20,25-28H2,1-7H3,(H,52,54)(H,53,59)(H,55,62)(H,56,63)/t41-,42-,43+,50?/m0/s1. The number of carbonyl (C=O) groups is 5. The van der Waals surface area contributed by atoms with Gasteiger partial charge in [0.05, 0.1) is 32.2 Å². The fraction of sp³-hybridized carbons (Fsp3) is 0.490. The average Bonchev–Trinajstić information content (AvgIpc) is 4.15. The number of H-pyrrole nitrogens is 1. The van der Waals surface area contributed by atoms with Crippen LogP contribution in [0.25, 0.3) is 22.4 Å². The first-order valence-electron chi connectivity index (χ1n) is 23.3. The van der Waals surface area contributed by atoms with Crippen molar-refractivity contribution in [3.05, 3.63) is 95.4 Å². The molecule has 2 saturated heterocycles. The maximum Gasteiger partial charge on any atom is 0.407 e. The van der Waals surface area contributed by atoms with Gasteiger partial charge in [0, 0.05) is 24.2 Å². The maximum absolute atomic E-state index is 14.2. The quantitative estimate of drug-likeness (QED) is 0.0862. The summed E-state index contributed by atoms with van der Waals surface area (Å²) >= 11 is 0. The fourth-order valence-corrected chi connectivity index (χ4v) is 10.1. The number of imidazole rings is 1. The number of likely N-dealkylation sites (tertiary alicyclic amines) is 2. The SMILES string of the molecule is CCCCC1(CCCC)c2cc(NC(=O)[C@@H]3CCCN3C(=O)[C@H](NC(=O)OC)c3ccccc3)ccc2-c2ccc(-c3cnc([C@@H]4CCCN4C(=O)C(C)(NC(=O)OC)C(C)C)[nH]3)cc21. The van der Waals surface area contributed by atoms with Gasteiger partial charge in [0.1, 0.15) is 23.4 Å². The molecule has 0 spiro atoms. The highest BCUT2D eigenvalue weighted by atomic mass is 16.5. The molecule has 14 nitrogen and oxygen atoms in total. The van der Waals surface area contributed by atoms with Crippen LogP contribution in [0, 0.1) is 5.92 Å². The van der Waals surface area contributed by atoms with Crippen LogP contribution in [0.4, 0.5) is 15.3 Å². The van der Waals surface area contributed by atoms with E-state index in [1.807, 2.05) is 37.1 Å². The number of unbranched alkanes of at least 4 members (excludes halogenated alkanes) is 2. The molecule has 3 heterocycles. The molecule has 3 aliphatic rings. The van der Waals surface area contributed by atoms with Crippen LogP contribution in [0.2, 0.25) is 0 Å². The number of anilines is 1. The predicted octanol–water partition coefficient (Wildman–Crippen LogP) is 9.18. The normalized spacial score (nSPS) is 18.6. The van der Waals surface area contributed by atoms with Gasteiger partial charge in [-0.1, -0.05) is 102 Å². The number of nitrogens with one attached hydrogen (secondary N) is 4. The molecule has 4 atom stereocenters. The zero-order chi connectivity index (χ0) is 46.5. The van der Waals surface area contributed by atoms with E-state index in [0.29, 0.717) is 43.0 Å². The van der Waals surface area contributed by atoms with E-state index in [9.17, 15) is 24.0 Å². The lowest BCUT2D eigenvalue weighted by Crippen LogP contribution is -2.60. The second kappa shape index (κ2) is 19.9. The Morgan fingerprint density at radius 1 is 0.846 bits per heavy atom. The van der Waals surface area contributed by atoms with Gasteiger partial charge in [-0.15, -0.1) is 0 Å². The first-order valence-corrected chi connectivity index (χ1v) is 23.3. The van der Waals surface area contributed by atoms with Crippen molar-refractivity contribution in [2.75, 3.05) is 32.6 Å². The van der Waals surface area contributed by atoms with Crippen LogP contribution < -0.4 is 16.0 Å². The van der Waals surface area contributed by atoms with E-state index in [1.54, 1.807) is 36.1 Å². The summed E-state index contributed by atoms with van der Waals surface area (Å²) in [6.07, 6.45) is 9.16. The topological polar surface area (TPSA) is 175 Å². The third-order valence-corrected chi connectivity index (χ3v) is 14.1. The van der Waals surface area contributed by atoms with Crippen LogP contribution in [0.3, 0.4) is 0 Å². The lowest BCUT2D eigenvalue weighted by molar-refractivity contribution is -0.140. The van der Waals surface area contributed by atoms with Crippen molar-refractivity contribution in [1.29, 1.82) is 0 Å². The summed E-state index contributed by atoms with van der Waals surface area (Å²) in [5.74, 6) is -0.272. The number of methoxy groups -OCH3 is 2. The molecular weight excluding hydrogens is 823 g/mol. The van der Waals surface area contributed by atoms with Crippen molar-refractivity contribution in [3.8, 4) is 22.4 Å². The number of ether oxygens (including phenoxy) is 2. The molecule has 3 aromatic carbocycles. The smallest absolute Gasteiger partial charge is 0.407 e. The van der Waals surface area contributed by atoms with Gasteiger partial charge in [-0.2, -0.15) is 0 Å². The van der Waals surface area contributed by atoms with Gasteiger partial charge >= 0.3 is 12.2 Å². The number of rotatable bonds is 16. The Hall–Kier alpha value is -6.18. The summed E-state index contributed by atoms with van der Waals surface area (Å²) in [5.41, 5.74) is 6.43. The first-order chi connectivity index (χ1) is 31.3. The Labute approximate surface area is 382 Å². The molecule has 346 valence electrons. The Kier molecular flexibility index (Phi) is 14.3. The van der Waals surface area contributed by atoms with Gasteiger partial charge in [0.25, 0.3) is 5.91 Å². The highest BCUT2D eigenvalue weighted by molar-refractivity contribution is 5.99. The molecule has 0 bridgehead atoms. The van der Waals surface area contributed by atoms with Gasteiger partial charge in [0.2, 0.25) is 11.8 Å². The number of amides is 5. The summed E-state index contributed by atoms with van der Waals surface area (Å²) in [4.78, 5) is 79.1. The summed E-state index contributed by atoms with van der Waals surface area (Å²) in [7, 11) is 2.55. The molecule has 0 radical (unpaired) electrons. The molecular formula is C51H65N7O7. The average molecular weight is 888 g/mol. The van der Waals surface area contributed by atoms with E-state index in [1.165, 1.54) is 30.9 Å². The van der Waals surface area contributed by atoms with E-state index >= 15 is 0 Å². The van der Waals surface area contributed by atoms with Gasteiger partial charge in [-0.25, -0.2) is 14.6 Å². The molecule has 2 fully saturated rings. The lowest BCUT2D eigenvalue weighted by Gasteiger charge is -2.37. The molecule has 1 unspecified atom stereocenters. The molecule has 5 amide bonds. The van der Waals surface area contributed by atoms with E-state index in [-0.39, 0.29) is 35.1 Å². The number of aromatic amines is 1. The zero-order valence-corrected chi connectivity index (χ0v) is 38.9. The van der Waals surface area contributed by atoms with Crippen molar-refractivity contribution in [2.24, 2.45) is 5.92 Å². The predicted molar refractivity (Wildman–Crippen MR) is 250 cm³/mol. The minimum atomic E-state index is -1.16. The van der Waals surface area contributed by atoms with Crippen LogP contribution in [-0.2, 0) is 29.3 Å². The minimum absolute atomic E-state index is 0.167. The second-order valence-corrected chi connectivity index (χ2v) is 18.3. The highest BCUT2D eigenvalue weighted by Gasteiger charge is 2.46. The molecule has 1 aliphatic carbocycles. The molecule has 0 saturated carbocycles. The first kappa shape index (κ1) is 46.8. The van der Waals surface area contributed by atoms with Gasteiger partial charge in [-0.05, 0) is 103 Å². The number of benzene rings is 3. The van der Waals surface area contributed by atoms with Gasteiger partial charge in [0.15, 0.2) is 0 Å². The molecule has 65 heavy (non-hydrogen) atoms. The summed E-state index contributed by atoms with van der Waals surface area (Å²) < 4.78 is 9.73. The molecule has 4 N–H and O–H groups in total. The molecule has 1 aromatic heterocycles. The maximum atomic E-state index is 14.2. The Morgan fingerprint density at radius 2 is 1.49 bits per heavy atom. The number of nitrogens with zero attached hydrogens (tertiary/aromatic N) is 3. The third kappa shape index (κ3) is 9.22. The monoisotopic (exact) mass is 887 g/mol. The van der Waals surface area contributed by atoms with Crippen molar-refractivity contribution in [2.45, 2.75) is 128 Å². The number of hydrogen-bond donors (Lipinski definition) is 4. The summed E-state index contributed by atoms with van der Waals surface area (Å²) in [5, 5.41) is 8.68. The van der Waals surface area contributed by atoms with Crippen molar-refractivity contribution < 1.29 is 33.4 Å². The molecule has 2 aliphatic heterocycles. The Bertz CT molecular complexity index is 2370. The summed E-state index contributed by atoms with van der Waals surface area (Å²) in [6, 6.07) is 19.9. The number of aromatic nitrogens is 2. The lowest BCUT2D eigenvalue weighted by atomic mass is 9.70. The van der Waals surface area contributed by atoms with Crippen molar-refractivity contribution in [1.82, 2.24) is 30.4 Å². The van der Waals surface area contributed by atoms with Gasteiger partial charge in [-0.3, -0.25) is 14.4 Å². The Balaban J connectivity index is 1.17. The third-order valence-electron chi connectivity index (χ3n) is 14.1. The van der Waals surface area contributed by atoms with Crippen LogP contribution in [0.5, 0.6) is 0 Å². The number of carbonyl (C=O) groups excluding carboxylic acids is 5. The van der Waals surface area contributed by atoms with E-state index < -0.39 is 29.8 Å². The highest BCUT2D eigenvalue weighted by Crippen LogP contribution is 2.55. The second-order valence-electron chi connectivity index (χ2n) is 18.3. The van der Waals surface area contributed by atoms with E-state index in [2.05, 4.69) is 65.1 Å². The fourth-order valence-electron chi connectivity index (χ4n) is 10.1. The molecule has 4 aromatic rings. The van der Waals surface area contributed by atoms with Crippen molar-refractivity contribution >= 4 is 35.6 Å². The van der Waals surface area contributed by atoms with Crippen LogP contribution in [-0.4, -0.2) is 88.6 Å². The Morgan fingerprint density at radius 3 is 2.15 bits per heavy atom. The number of alkyl carbamates (subject to hydrolysis) is 2. The zero-order valence-electron chi connectivity index (χ0n) is 38.9. The van der Waals surface area contributed by atoms with E-state index in [0.717, 1.165) is 68.2 Å². The van der Waals surface area contributed by atoms with E-state index in [4.69, 9.17) is 14.5 Å². The largest absolute Gasteiger partial charge is 0.453 e. The minimum Gasteiger partial charge on any atom is -0.453 e. The molecule has 14 heteroatoms. The van der Waals surface area contributed by atoms with Gasteiger partial charge < -0.3 is 40.2 Å². The summed E-state index contributed by atoms with van der Waals surface area (Å²) in [6.45, 7) is 11.0. The van der Waals surface area contributed by atoms with Crippen LogP contribution in [0.1, 0.15) is 133 Å². The number of fused-ring (bicyclic) bond motifs is 3. The number of hydrogen-bond acceptors (Lipinski definition) is 8.